The van der Waals surface area contributed by atoms with E-state index in [1.54, 1.807) is 11.8 Å². The van der Waals surface area contributed by atoms with Gasteiger partial charge in [0.1, 0.15) is 18.0 Å². The first kappa shape index (κ1) is 25.8. The molecule has 0 aromatic carbocycles. The lowest BCUT2D eigenvalue weighted by molar-refractivity contribution is -0.0760. The molecule has 0 spiro atoms. The molecule has 3 atom stereocenters. The summed E-state index contributed by atoms with van der Waals surface area (Å²) >= 11 is 0. The number of carbonyl (C=O) groups is 2. The second-order valence-electron chi connectivity index (χ2n) is 9.41. The van der Waals surface area contributed by atoms with Gasteiger partial charge in [0.15, 0.2) is 5.82 Å². The normalized spacial score (nSPS) is 25.2. The lowest BCUT2D eigenvalue weighted by Gasteiger charge is -2.42. The van der Waals surface area contributed by atoms with Crippen LogP contribution in [-0.4, -0.2) is 94.9 Å². The minimum atomic E-state index is -3.15. The first-order valence-corrected chi connectivity index (χ1v) is 12.4. The monoisotopic (exact) mass is 533 g/mol. The molecule has 2 aromatic heterocycles. The molecule has 0 radical (unpaired) electrons. The number of rotatable bonds is 7. The van der Waals surface area contributed by atoms with Crippen molar-refractivity contribution in [2.24, 2.45) is 11.8 Å². The summed E-state index contributed by atoms with van der Waals surface area (Å²) in [5.74, 6) is -1.72. The fourth-order valence-electron chi connectivity index (χ4n) is 4.78. The fourth-order valence-corrected chi connectivity index (χ4v) is 4.78. The van der Waals surface area contributed by atoms with E-state index in [2.05, 4.69) is 35.9 Å². The Morgan fingerprint density at radius 3 is 2.68 bits per heavy atom. The van der Waals surface area contributed by atoms with E-state index in [0.29, 0.717) is 18.4 Å². The van der Waals surface area contributed by atoms with E-state index in [9.17, 15) is 18.4 Å². The molecule has 1 saturated carbocycles. The number of fused-ring (bicyclic) bond motifs is 1. The summed E-state index contributed by atoms with van der Waals surface area (Å²) in [5, 5.41) is 8.29. The molecule has 4 heterocycles. The molecular formula is C23H29F2N9O4. The number of hydrogen-bond donors (Lipinski definition) is 3. The van der Waals surface area contributed by atoms with E-state index in [1.165, 1.54) is 31.7 Å². The smallest absolute Gasteiger partial charge is 0.413 e. The molecule has 3 unspecified atom stereocenters. The first-order valence-electron chi connectivity index (χ1n) is 12.4. The van der Waals surface area contributed by atoms with E-state index in [0.717, 1.165) is 18.0 Å². The van der Waals surface area contributed by atoms with Crippen molar-refractivity contribution in [3.05, 3.63) is 24.7 Å². The van der Waals surface area contributed by atoms with Gasteiger partial charge in [-0.05, 0) is 13.0 Å². The Morgan fingerprint density at radius 1 is 1.18 bits per heavy atom. The Morgan fingerprint density at radius 2 is 1.97 bits per heavy atom. The average molecular weight is 534 g/mol. The number of likely N-dealkylation sites (N-methyl/N-ethyl adjacent to an activating group) is 1. The molecule has 3 N–H and O–H groups in total. The fraction of sp³-hybridized carbons (Fsp3) is 0.565. The van der Waals surface area contributed by atoms with Crippen molar-refractivity contribution >= 4 is 29.7 Å². The van der Waals surface area contributed by atoms with Crippen LogP contribution < -0.4 is 25.6 Å². The van der Waals surface area contributed by atoms with E-state index >= 15 is 0 Å². The van der Waals surface area contributed by atoms with Crippen LogP contribution in [-0.2, 0) is 4.74 Å². The molecule has 0 bridgehead atoms. The molecule has 3 amide bonds. The summed E-state index contributed by atoms with van der Waals surface area (Å²) in [6, 6.07) is -0.748. The van der Waals surface area contributed by atoms with Crippen molar-refractivity contribution in [1.82, 2.24) is 30.2 Å². The first-order chi connectivity index (χ1) is 18.2. The van der Waals surface area contributed by atoms with Crippen LogP contribution in [0.4, 0.5) is 36.0 Å². The van der Waals surface area contributed by atoms with E-state index in [1.807, 2.05) is 0 Å². The highest BCUT2D eigenvalue weighted by atomic mass is 19.3. The average Bonchev–Trinajstić information content (AvgIpc) is 3.29. The number of urea groups is 1. The lowest BCUT2D eigenvalue weighted by Crippen LogP contribution is -2.60. The third kappa shape index (κ3) is 5.51. The van der Waals surface area contributed by atoms with Crippen molar-refractivity contribution in [3.8, 4) is 5.88 Å². The number of ether oxygens (including phenoxy) is 2. The quantitative estimate of drug-likeness (QED) is 0.481. The summed E-state index contributed by atoms with van der Waals surface area (Å²) in [7, 11) is 1.29. The molecule has 2 aliphatic heterocycles. The molecule has 5 rings (SSSR count). The zero-order valence-electron chi connectivity index (χ0n) is 20.9. The number of anilines is 3. The van der Waals surface area contributed by atoms with Gasteiger partial charge in [0, 0.05) is 57.7 Å². The molecule has 204 valence electrons. The SMILES string of the molecule is CCOc1cnc(NC(=O)N(C)C2CN(c3nccc(NC(=O)OC4C5CNCC54)n3)CCC2(F)F)cn1. The lowest BCUT2D eigenvalue weighted by atomic mass is 10.00. The third-order valence-corrected chi connectivity index (χ3v) is 6.95. The topological polar surface area (TPSA) is 147 Å². The standard InChI is InChI=1S/C23H29F2N9O4/c1-3-37-18-11-28-17(10-29-18)31-21(35)33(2)15-12-34(7-5-23(15,24)25)20-27-6-4-16(30-20)32-22(36)38-19-13-8-26-9-14(13)19/h4,6,10-11,13-15,19,26H,3,5,7-9,12H2,1-2H3,(H,28,31,35)(H,27,30,32,36). The predicted octanol–water partition coefficient (Wildman–Crippen LogP) is 1.81. The van der Waals surface area contributed by atoms with Crippen LogP contribution in [0.15, 0.2) is 24.7 Å². The molecule has 15 heteroatoms. The molecule has 3 fully saturated rings. The van der Waals surface area contributed by atoms with Gasteiger partial charge in [-0.25, -0.2) is 33.3 Å². The third-order valence-electron chi connectivity index (χ3n) is 6.95. The van der Waals surface area contributed by atoms with Gasteiger partial charge >= 0.3 is 12.1 Å². The van der Waals surface area contributed by atoms with Gasteiger partial charge < -0.3 is 24.6 Å². The van der Waals surface area contributed by atoms with Gasteiger partial charge in [0.05, 0.1) is 19.0 Å². The van der Waals surface area contributed by atoms with Gasteiger partial charge in [-0.1, -0.05) is 0 Å². The Kier molecular flexibility index (Phi) is 7.10. The minimum Gasteiger partial charge on any atom is -0.477 e. The summed E-state index contributed by atoms with van der Waals surface area (Å²) in [6.07, 6.45) is 2.81. The van der Waals surface area contributed by atoms with Gasteiger partial charge in [0.25, 0.3) is 5.92 Å². The van der Waals surface area contributed by atoms with Crippen LogP contribution in [0, 0.1) is 11.8 Å². The Hall–Kier alpha value is -3.88. The highest BCUT2D eigenvalue weighted by Crippen LogP contribution is 2.44. The van der Waals surface area contributed by atoms with E-state index in [-0.39, 0.29) is 42.7 Å². The van der Waals surface area contributed by atoms with Crippen LogP contribution >= 0.6 is 0 Å². The number of piperidine rings is 2. The minimum absolute atomic E-state index is 0.0321. The zero-order valence-corrected chi connectivity index (χ0v) is 20.9. The number of alkyl halides is 2. The molecule has 2 saturated heterocycles. The van der Waals surface area contributed by atoms with Crippen LogP contribution in [0.3, 0.4) is 0 Å². The van der Waals surface area contributed by atoms with Crippen LogP contribution in [0.25, 0.3) is 0 Å². The molecule has 38 heavy (non-hydrogen) atoms. The number of nitrogens with one attached hydrogen (secondary N) is 3. The van der Waals surface area contributed by atoms with E-state index < -0.39 is 30.5 Å². The highest BCUT2D eigenvalue weighted by molar-refractivity contribution is 5.88. The van der Waals surface area contributed by atoms with Gasteiger partial charge in [-0.15, -0.1) is 0 Å². The number of nitrogens with zero attached hydrogens (tertiary/aromatic N) is 6. The molecule has 3 aliphatic rings. The van der Waals surface area contributed by atoms with Gasteiger partial charge in [0.2, 0.25) is 11.8 Å². The molecule has 13 nitrogen and oxygen atoms in total. The maximum Gasteiger partial charge on any atom is 0.413 e. The zero-order chi connectivity index (χ0) is 26.9. The Labute approximate surface area is 217 Å². The largest absolute Gasteiger partial charge is 0.477 e. The molecular weight excluding hydrogens is 504 g/mol. The maximum atomic E-state index is 14.9. The van der Waals surface area contributed by atoms with Gasteiger partial charge in [-0.3, -0.25) is 10.6 Å². The number of hydrogen-bond acceptors (Lipinski definition) is 10. The maximum absolute atomic E-state index is 14.9. The van der Waals surface area contributed by atoms with Crippen molar-refractivity contribution in [2.45, 2.75) is 31.4 Å². The van der Waals surface area contributed by atoms with Crippen LogP contribution in [0.2, 0.25) is 0 Å². The number of amides is 3. The molecule has 2 aromatic rings. The molecule has 1 aliphatic carbocycles. The summed E-state index contributed by atoms with van der Waals surface area (Å²) in [5.41, 5.74) is 0. The van der Waals surface area contributed by atoms with Gasteiger partial charge in [-0.2, -0.15) is 4.98 Å². The Bertz CT molecular complexity index is 1160. The van der Waals surface area contributed by atoms with Crippen molar-refractivity contribution in [1.29, 1.82) is 0 Å². The highest BCUT2D eigenvalue weighted by Gasteiger charge is 2.56. The summed E-state index contributed by atoms with van der Waals surface area (Å²) in [6.45, 7) is 3.61. The number of carbonyl (C=O) groups excluding carboxylic acids is 2. The second-order valence-corrected chi connectivity index (χ2v) is 9.41. The van der Waals surface area contributed by atoms with Crippen LogP contribution in [0.5, 0.6) is 5.88 Å². The summed E-state index contributed by atoms with van der Waals surface area (Å²) in [4.78, 5) is 44.1. The number of halogens is 2. The second kappa shape index (κ2) is 10.5. The summed E-state index contributed by atoms with van der Waals surface area (Å²) < 4.78 is 40.5. The van der Waals surface area contributed by atoms with Crippen molar-refractivity contribution in [2.75, 3.05) is 55.4 Å². The predicted molar refractivity (Wildman–Crippen MR) is 131 cm³/mol. The Balaban J connectivity index is 1.20. The number of aromatic nitrogens is 4. The van der Waals surface area contributed by atoms with Crippen molar-refractivity contribution < 1.29 is 27.8 Å². The van der Waals surface area contributed by atoms with Crippen LogP contribution in [0.1, 0.15) is 13.3 Å². The van der Waals surface area contributed by atoms with E-state index in [4.69, 9.17) is 9.47 Å². The van der Waals surface area contributed by atoms with Crippen molar-refractivity contribution in [3.63, 3.8) is 0 Å².